The van der Waals surface area contributed by atoms with Crippen molar-refractivity contribution in [1.29, 1.82) is 0 Å². The Bertz CT molecular complexity index is 274. The number of hydrogen-bond donors (Lipinski definition) is 1. The Morgan fingerprint density at radius 2 is 2.14 bits per heavy atom. The normalized spacial score (nSPS) is 17.8. The molecule has 1 aliphatic rings. The van der Waals surface area contributed by atoms with Gasteiger partial charge in [-0.15, -0.1) is 0 Å². The fraction of sp³-hybridized carbons (Fsp3) is 0.818. The van der Waals surface area contributed by atoms with Crippen molar-refractivity contribution < 1.29 is 0 Å². The highest BCUT2D eigenvalue weighted by Crippen LogP contribution is 2.26. The SMILES string of the molecule is CCCc1n[nH]c(CC2CCCC2)n1. The first-order valence-electron chi connectivity index (χ1n) is 5.78. The van der Waals surface area contributed by atoms with Crippen LogP contribution in [-0.2, 0) is 12.8 Å². The number of nitrogens with zero attached hydrogens (tertiary/aromatic N) is 2. The van der Waals surface area contributed by atoms with Gasteiger partial charge in [-0.2, -0.15) is 5.10 Å². The molecule has 2 rings (SSSR count). The Kier molecular flexibility index (Phi) is 3.17. The summed E-state index contributed by atoms with van der Waals surface area (Å²) >= 11 is 0. The summed E-state index contributed by atoms with van der Waals surface area (Å²) in [6.07, 6.45) is 8.80. The van der Waals surface area contributed by atoms with E-state index in [0.717, 1.165) is 36.8 Å². The molecule has 1 saturated carbocycles. The van der Waals surface area contributed by atoms with Crippen LogP contribution in [0.15, 0.2) is 0 Å². The van der Waals surface area contributed by atoms with E-state index < -0.39 is 0 Å². The van der Waals surface area contributed by atoms with E-state index in [9.17, 15) is 0 Å². The lowest BCUT2D eigenvalue weighted by atomic mass is 10.0. The van der Waals surface area contributed by atoms with Crippen LogP contribution < -0.4 is 0 Å². The number of nitrogens with one attached hydrogen (secondary N) is 1. The highest BCUT2D eigenvalue weighted by atomic mass is 15.2. The van der Waals surface area contributed by atoms with Gasteiger partial charge in [-0.3, -0.25) is 5.10 Å². The highest BCUT2D eigenvalue weighted by Gasteiger charge is 2.16. The van der Waals surface area contributed by atoms with E-state index in [2.05, 4.69) is 22.1 Å². The van der Waals surface area contributed by atoms with Crippen molar-refractivity contribution in [3.05, 3.63) is 11.6 Å². The number of aryl methyl sites for hydroxylation is 1. The fourth-order valence-corrected chi connectivity index (χ4v) is 2.25. The number of aromatic nitrogens is 3. The van der Waals surface area contributed by atoms with Crippen LogP contribution in [0.25, 0.3) is 0 Å². The summed E-state index contributed by atoms with van der Waals surface area (Å²) < 4.78 is 0. The molecular formula is C11H19N3. The summed E-state index contributed by atoms with van der Waals surface area (Å²) in [5.41, 5.74) is 0. The highest BCUT2D eigenvalue weighted by molar-refractivity contribution is 4.92. The zero-order valence-corrected chi connectivity index (χ0v) is 8.92. The maximum absolute atomic E-state index is 4.50. The third-order valence-corrected chi connectivity index (χ3v) is 3.01. The number of aromatic amines is 1. The summed E-state index contributed by atoms with van der Waals surface area (Å²) in [4.78, 5) is 4.50. The van der Waals surface area contributed by atoms with Crippen LogP contribution >= 0.6 is 0 Å². The van der Waals surface area contributed by atoms with Crippen molar-refractivity contribution in [3.63, 3.8) is 0 Å². The molecule has 0 aliphatic heterocycles. The molecule has 1 aromatic heterocycles. The molecular weight excluding hydrogens is 174 g/mol. The quantitative estimate of drug-likeness (QED) is 0.798. The molecule has 0 bridgehead atoms. The minimum atomic E-state index is 0.859. The second-order valence-electron chi connectivity index (χ2n) is 4.30. The van der Waals surface area contributed by atoms with Crippen LogP contribution in [0, 0.1) is 5.92 Å². The van der Waals surface area contributed by atoms with Crippen LogP contribution in [0.2, 0.25) is 0 Å². The lowest BCUT2D eigenvalue weighted by Crippen LogP contribution is -2.00. The van der Waals surface area contributed by atoms with Crippen LogP contribution in [0.5, 0.6) is 0 Å². The third kappa shape index (κ3) is 2.34. The van der Waals surface area contributed by atoms with Gasteiger partial charge in [0.2, 0.25) is 0 Å². The lowest BCUT2D eigenvalue weighted by molar-refractivity contribution is 0.531. The molecule has 78 valence electrons. The van der Waals surface area contributed by atoms with Crippen LogP contribution in [-0.4, -0.2) is 15.2 Å². The van der Waals surface area contributed by atoms with Gasteiger partial charge >= 0.3 is 0 Å². The summed E-state index contributed by atoms with van der Waals surface area (Å²) in [6, 6.07) is 0. The van der Waals surface area contributed by atoms with Crippen molar-refractivity contribution in [2.45, 2.75) is 51.9 Å². The molecule has 14 heavy (non-hydrogen) atoms. The maximum Gasteiger partial charge on any atom is 0.150 e. The zero-order chi connectivity index (χ0) is 9.80. The molecule has 1 fully saturated rings. The van der Waals surface area contributed by atoms with Crippen molar-refractivity contribution in [2.75, 3.05) is 0 Å². The fourth-order valence-electron chi connectivity index (χ4n) is 2.25. The van der Waals surface area contributed by atoms with Crippen molar-refractivity contribution in [1.82, 2.24) is 15.2 Å². The standard InChI is InChI=1S/C11H19N3/c1-2-5-10-12-11(14-13-10)8-9-6-3-4-7-9/h9H,2-8H2,1H3,(H,12,13,14). The van der Waals surface area contributed by atoms with E-state index in [1.807, 2.05) is 0 Å². The average Bonchev–Trinajstić information content (AvgIpc) is 2.79. The van der Waals surface area contributed by atoms with E-state index in [-0.39, 0.29) is 0 Å². The first kappa shape index (κ1) is 9.69. The van der Waals surface area contributed by atoms with Gasteiger partial charge in [0.25, 0.3) is 0 Å². The second kappa shape index (κ2) is 4.58. The van der Waals surface area contributed by atoms with Gasteiger partial charge in [-0.25, -0.2) is 4.98 Å². The number of hydrogen-bond acceptors (Lipinski definition) is 2. The smallest absolute Gasteiger partial charge is 0.150 e. The molecule has 1 N–H and O–H groups in total. The Balaban J connectivity index is 1.88. The molecule has 1 heterocycles. The molecule has 3 heteroatoms. The zero-order valence-electron chi connectivity index (χ0n) is 8.92. The average molecular weight is 193 g/mol. The summed E-state index contributed by atoms with van der Waals surface area (Å²) in [7, 11) is 0. The van der Waals surface area contributed by atoms with Gasteiger partial charge in [0.05, 0.1) is 0 Å². The van der Waals surface area contributed by atoms with Crippen molar-refractivity contribution >= 4 is 0 Å². The molecule has 3 nitrogen and oxygen atoms in total. The first-order valence-corrected chi connectivity index (χ1v) is 5.78. The summed E-state index contributed by atoms with van der Waals surface area (Å²) in [5.74, 6) is 2.94. The molecule has 0 aromatic carbocycles. The Morgan fingerprint density at radius 3 is 2.86 bits per heavy atom. The Hall–Kier alpha value is -0.860. The molecule has 0 amide bonds. The van der Waals surface area contributed by atoms with Gasteiger partial charge < -0.3 is 0 Å². The van der Waals surface area contributed by atoms with Gasteiger partial charge in [-0.05, 0) is 12.3 Å². The monoisotopic (exact) mass is 193 g/mol. The lowest BCUT2D eigenvalue weighted by Gasteiger charge is -2.03. The predicted molar refractivity (Wildman–Crippen MR) is 56.0 cm³/mol. The van der Waals surface area contributed by atoms with E-state index in [1.54, 1.807) is 0 Å². The van der Waals surface area contributed by atoms with E-state index in [4.69, 9.17) is 0 Å². The van der Waals surface area contributed by atoms with Gasteiger partial charge in [0, 0.05) is 12.8 Å². The van der Waals surface area contributed by atoms with Crippen molar-refractivity contribution in [3.8, 4) is 0 Å². The molecule has 0 radical (unpaired) electrons. The first-order chi connectivity index (χ1) is 6.88. The largest absolute Gasteiger partial charge is 0.263 e. The van der Waals surface area contributed by atoms with E-state index in [1.165, 1.54) is 25.7 Å². The predicted octanol–water partition coefficient (Wildman–Crippen LogP) is 2.49. The van der Waals surface area contributed by atoms with E-state index in [0.29, 0.717) is 0 Å². The molecule has 0 saturated heterocycles. The topological polar surface area (TPSA) is 41.6 Å². The van der Waals surface area contributed by atoms with Gasteiger partial charge in [0.15, 0.2) is 5.82 Å². The third-order valence-electron chi connectivity index (χ3n) is 3.01. The Morgan fingerprint density at radius 1 is 1.36 bits per heavy atom. The summed E-state index contributed by atoms with van der Waals surface area (Å²) in [5, 5.41) is 7.27. The molecule has 1 aliphatic carbocycles. The summed E-state index contributed by atoms with van der Waals surface area (Å²) in [6.45, 7) is 2.16. The van der Waals surface area contributed by atoms with Crippen LogP contribution in [0.1, 0.15) is 50.7 Å². The molecule has 0 spiro atoms. The maximum atomic E-state index is 4.50. The van der Waals surface area contributed by atoms with Crippen molar-refractivity contribution in [2.24, 2.45) is 5.92 Å². The van der Waals surface area contributed by atoms with Crippen LogP contribution in [0.4, 0.5) is 0 Å². The number of H-pyrrole nitrogens is 1. The van der Waals surface area contributed by atoms with Gasteiger partial charge in [-0.1, -0.05) is 32.6 Å². The Labute approximate surface area is 85.3 Å². The second-order valence-corrected chi connectivity index (χ2v) is 4.30. The number of rotatable bonds is 4. The molecule has 0 atom stereocenters. The minimum absolute atomic E-state index is 0.859. The minimum Gasteiger partial charge on any atom is -0.263 e. The molecule has 0 unspecified atom stereocenters. The van der Waals surface area contributed by atoms with E-state index >= 15 is 0 Å². The molecule has 1 aromatic rings. The van der Waals surface area contributed by atoms with Gasteiger partial charge in [0.1, 0.15) is 5.82 Å². The van der Waals surface area contributed by atoms with Crippen LogP contribution in [0.3, 0.4) is 0 Å².